The molecule has 5 rings (SSSR count). The molecule has 3 aromatic rings. The second kappa shape index (κ2) is 8.68. The van der Waals surface area contributed by atoms with Crippen LogP contribution in [0.25, 0.3) is 6.08 Å². The van der Waals surface area contributed by atoms with E-state index in [1.165, 1.54) is 28.8 Å². The number of rotatable bonds is 3. The summed E-state index contributed by atoms with van der Waals surface area (Å²) in [5, 5.41) is 1.03. The smallest absolute Gasteiger partial charge is 0.271 e. The highest BCUT2D eigenvalue weighted by Gasteiger charge is 2.34. The average Bonchev–Trinajstić information content (AvgIpc) is 3.10. The van der Waals surface area contributed by atoms with E-state index in [1.54, 1.807) is 42.5 Å². The summed E-state index contributed by atoms with van der Waals surface area (Å²) in [5.74, 6) is 0.770. The van der Waals surface area contributed by atoms with Gasteiger partial charge in [0.05, 0.1) is 16.3 Å². The third-order valence-corrected chi connectivity index (χ3v) is 6.03. The fourth-order valence-corrected chi connectivity index (χ4v) is 4.42. The molecular weight excluding hydrogens is 451 g/mol. The lowest BCUT2D eigenvalue weighted by molar-refractivity contribution is -0.113. The molecule has 0 saturated carbocycles. The van der Waals surface area contributed by atoms with E-state index in [2.05, 4.69) is 4.99 Å². The van der Waals surface area contributed by atoms with Crippen molar-refractivity contribution in [2.75, 3.05) is 18.1 Å². The molecule has 32 heavy (non-hydrogen) atoms. The molecule has 2 aliphatic rings. The van der Waals surface area contributed by atoms with E-state index >= 15 is 0 Å². The van der Waals surface area contributed by atoms with Crippen molar-refractivity contribution in [2.45, 2.75) is 0 Å². The van der Waals surface area contributed by atoms with Crippen LogP contribution in [0.4, 0.5) is 15.8 Å². The Morgan fingerprint density at radius 1 is 0.969 bits per heavy atom. The van der Waals surface area contributed by atoms with Gasteiger partial charge < -0.3 is 9.47 Å². The molecule has 0 unspecified atom stereocenters. The molecule has 1 saturated heterocycles. The van der Waals surface area contributed by atoms with Crippen LogP contribution in [-0.4, -0.2) is 24.3 Å². The first-order chi connectivity index (χ1) is 15.6. The predicted molar refractivity (Wildman–Crippen MR) is 125 cm³/mol. The highest BCUT2D eigenvalue weighted by Crippen LogP contribution is 2.39. The molecule has 1 fully saturated rings. The van der Waals surface area contributed by atoms with Gasteiger partial charge >= 0.3 is 0 Å². The van der Waals surface area contributed by atoms with Crippen LogP contribution in [-0.2, 0) is 4.79 Å². The molecule has 0 N–H and O–H groups in total. The van der Waals surface area contributed by atoms with Gasteiger partial charge in [-0.2, -0.15) is 0 Å². The zero-order valence-electron chi connectivity index (χ0n) is 16.6. The van der Waals surface area contributed by atoms with Crippen molar-refractivity contribution < 1.29 is 18.7 Å². The molecule has 0 atom stereocenters. The molecule has 8 heteroatoms. The third kappa shape index (κ3) is 4.22. The molecule has 0 aromatic heterocycles. The van der Waals surface area contributed by atoms with Gasteiger partial charge in [0.15, 0.2) is 16.7 Å². The number of carbonyl (C=O) groups is 1. The predicted octanol–water partition coefficient (Wildman–Crippen LogP) is 6.06. The first kappa shape index (κ1) is 20.6. The Morgan fingerprint density at radius 3 is 2.44 bits per heavy atom. The number of amides is 1. The van der Waals surface area contributed by atoms with Crippen LogP contribution in [0.15, 0.2) is 76.6 Å². The summed E-state index contributed by atoms with van der Waals surface area (Å²) in [6, 6.07) is 18.3. The number of thioether (sulfide) groups is 1. The summed E-state index contributed by atoms with van der Waals surface area (Å²) in [5.41, 5.74) is 1.99. The average molecular weight is 467 g/mol. The van der Waals surface area contributed by atoms with Gasteiger partial charge in [0.2, 0.25) is 0 Å². The summed E-state index contributed by atoms with van der Waals surface area (Å²) >= 11 is 7.27. The maximum atomic E-state index is 13.3. The van der Waals surface area contributed by atoms with Crippen LogP contribution >= 0.6 is 23.4 Å². The first-order valence-electron chi connectivity index (χ1n) is 9.80. The molecule has 0 bridgehead atoms. The Kier molecular flexibility index (Phi) is 5.59. The van der Waals surface area contributed by atoms with Gasteiger partial charge in [-0.3, -0.25) is 9.69 Å². The SMILES string of the molecule is O=C1/C(=C/c2ccc3c(c2)OCCO3)S/C(=N\c2ccc(F)cc2)N1c1ccc(Cl)cc1. The second-order valence-corrected chi connectivity index (χ2v) is 8.45. The largest absolute Gasteiger partial charge is 0.486 e. The highest BCUT2D eigenvalue weighted by atomic mass is 35.5. The standard InChI is InChI=1S/C24H16ClFN2O3S/c25-16-2-8-19(9-3-16)28-23(29)22(32-24(28)27-18-6-4-17(26)5-7-18)14-15-1-10-20-21(13-15)31-12-11-30-20/h1-10,13-14H,11-12H2/b22-14-,27-24-. The molecule has 0 aliphatic carbocycles. The van der Waals surface area contributed by atoms with Gasteiger partial charge in [0.1, 0.15) is 19.0 Å². The molecule has 160 valence electrons. The monoisotopic (exact) mass is 466 g/mol. The van der Waals surface area contributed by atoms with Crippen LogP contribution in [0.2, 0.25) is 5.02 Å². The van der Waals surface area contributed by atoms with Crippen LogP contribution in [0.5, 0.6) is 11.5 Å². The molecule has 1 amide bonds. The van der Waals surface area contributed by atoms with Crippen molar-refractivity contribution in [1.82, 2.24) is 0 Å². The van der Waals surface area contributed by atoms with Crippen molar-refractivity contribution >= 4 is 51.9 Å². The minimum Gasteiger partial charge on any atom is -0.486 e. The number of hydrogen-bond donors (Lipinski definition) is 0. The molecule has 2 aliphatic heterocycles. The van der Waals surface area contributed by atoms with Crippen molar-refractivity contribution in [3.63, 3.8) is 0 Å². The van der Waals surface area contributed by atoms with Gasteiger partial charge in [-0.25, -0.2) is 9.38 Å². The van der Waals surface area contributed by atoms with Crippen molar-refractivity contribution in [2.24, 2.45) is 4.99 Å². The summed E-state index contributed by atoms with van der Waals surface area (Å²) in [7, 11) is 0. The molecule has 0 spiro atoms. The summed E-state index contributed by atoms with van der Waals surface area (Å²) in [6.07, 6.45) is 1.79. The number of amidine groups is 1. The highest BCUT2D eigenvalue weighted by molar-refractivity contribution is 8.19. The topological polar surface area (TPSA) is 51.1 Å². The maximum Gasteiger partial charge on any atom is 0.271 e. The number of nitrogens with zero attached hydrogens (tertiary/aromatic N) is 2. The van der Waals surface area contributed by atoms with Gasteiger partial charge in [-0.1, -0.05) is 17.7 Å². The number of benzene rings is 3. The fourth-order valence-electron chi connectivity index (χ4n) is 3.29. The Bertz CT molecular complexity index is 1240. The number of anilines is 1. The van der Waals surface area contributed by atoms with Gasteiger partial charge in [0, 0.05) is 5.02 Å². The van der Waals surface area contributed by atoms with Crippen LogP contribution in [0.1, 0.15) is 5.56 Å². The second-order valence-electron chi connectivity index (χ2n) is 7.00. The number of halogens is 2. The van der Waals surface area contributed by atoms with E-state index in [4.69, 9.17) is 21.1 Å². The number of fused-ring (bicyclic) bond motifs is 1. The van der Waals surface area contributed by atoms with E-state index in [0.29, 0.717) is 51.2 Å². The number of carbonyl (C=O) groups excluding carboxylic acids is 1. The lowest BCUT2D eigenvalue weighted by atomic mass is 10.1. The summed E-state index contributed by atoms with van der Waals surface area (Å²) < 4.78 is 24.5. The lowest BCUT2D eigenvalue weighted by Gasteiger charge is -2.18. The third-order valence-electron chi connectivity index (χ3n) is 4.81. The minimum atomic E-state index is -0.349. The Balaban J connectivity index is 1.53. The maximum absolute atomic E-state index is 13.3. The van der Waals surface area contributed by atoms with E-state index < -0.39 is 0 Å². The molecule has 3 aromatic carbocycles. The van der Waals surface area contributed by atoms with Gasteiger partial charge in [0.25, 0.3) is 5.91 Å². The molecular formula is C24H16ClFN2O3S. The van der Waals surface area contributed by atoms with E-state index in [-0.39, 0.29) is 11.7 Å². The Hall–Kier alpha value is -3.29. The molecule has 2 heterocycles. The van der Waals surface area contributed by atoms with E-state index in [9.17, 15) is 9.18 Å². The van der Waals surface area contributed by atoms with Gasteiger partial charge in [-0.05, 0) is 84.1 Å². The first-order valence-corrected chi connectivity index (χ1v) is 11.0. The molecule has 0 radical (unpaired) electrons. The van der Waals surface area contributed by atoms with Crippen molar-refractivity contribution in [3.8, 4) is 11.5 Å². The zero-order chi connectivity index (χ0) is 22.1. The number of hydrogen-bond acceptors (Lipinski definition) is 5. The minimum absolute atomic E-state index is 0.215. The summed E-state index contributed by atoms with van der Waals surface area (Å²) in [4.78, 5) is 20.0. The lowest BCUT2D eigenvalue weighted by Crippen LogP contribution is -2.28. The van der Waals surface area contributed by atoms with E-state index in [0.717, 1.165) is 5.56 Å². The zero-order valence-corrected chi connectivity index (χ0v) is 18.2. The van der Waals surface area contributed by atoms with Crippen molar-refractivity contribution in [1.29, 1.82) is 0 Å². The Labute approximate surface area is 193 Å². The number of aliphatic imine (C=N–C) groups is 1. The summed E-state index contributed by atoms with van der Waals surface area (Å²) in [6.45, 7) is 1.00. The number of ether oxygens (including phenoxy) is 2. The normalized spacial score (nSPS) is 17.9. The fraction of sp³-hybridized carbons (Fsp3) is 0.0833. The Morgan fingerprint density at radius 2 is 1.69 bits per heavy atom. The van der Waals surface area contributed by atoms with Crippen molar-refractivity contribution in [3.05, 3.63) is 88.0 Å². The quantitative estimate of drug-likeness (QED) is 0.440. The van der Waals surface area contributed by atoms with Crippen LogP contribution < -0.4 is 14.4 Å². The van der Waals surface area contributed by atoms with Crippen LogP contribution in [0, 0.1) is 5.82 Å². The molecule has 5 nitrogen and oxygen atoms in total. The van der Waals surface area contributed by atoms with Gasteiger partial charge in [-0.15, -0.1) is 0 Å². The van der Waals surface area contributed by atoms with Crippen LogP contribution in [0.3, 0.4) is 0 Å². The van der Waals surface area contributed by atoms with E-state index in [1.807, 2.05) is 18.2 Å².